The van der Waals surface area contributed by atoms with E-state index in [1.807, 2.05) is 6.07 Å². The van der Waals surface area contributed by atoms with Crippen LogP contribution in [0.2, 0.25) is 0 Å². The van der Waals surface area contributed by atoms with Crippen molar-refractivity contribution in [1.82, 2.24) is 20.2 Å². The molecule has 5 nitrogen and oxygen atoms in total. The summed E-state index contributed by atoms with van der Waals surface area (Å²) in [5.41, 5.74) is 0.820. The molecule has 0 saturated carbocycles. The van der Waals surface area contributed by atoms with Crippen LogP contribution in [0.3, 0.4) is 0 Å². The fourth-order valence-electron chi connectivity index (χ4n) is 1.74. The lowest BCUT2D eigenvalue weighted by molar-refractivity contribution is 0.386. The Labute approximate surface area is 105 Å². The third-order valence-electron chi connectivity index (χ3n) is 2.62. The Balaban J connectivity index is 2.18. The van der Waals surface area contributed by atoms with E-state index in [0.29, 0.717) is 6.42 Å². The zero-order chi connectivity index (χ0) is 13.0. The van der Waals surface area contributed by atoms with Crippen LogP contribution in [0.5, 0.6) is 5.75 Å². The quantitative estimate of drug-likeness (QED) is 0.812. The van der Waals surface area contributed by atoms with Crippen LogP contribution >= 0.6 is 0 Å². The van der Waals surface area contributed by atoms with E-state index < -0.39 is 0 Å². The third-order valence-corrected chi connectivity index (χ3v) is 2.62. The van der Waals surface area contributed by atoms with Crippen molar-refractivity contribution in [2.24, 2.45) is 0 Å². The fourth-order valence-corrected chi connectivity index (χ4v) is 1.74. The average molecular weight is 250 g/mol. The molecule has 0 N–H and O–H groups in total. The van der Waals surface area contributed by atoms with Crippen molar-refractivity contribution in [2.75, 3.05) is 7.11 Å². The number of hydrogen-bond donors (Lipinski definition) is 0. The number of methoxy groups -OCH3 is 1. The predicted octanol–water partition coefficient (Wildman–Crippen LogP) is 1.82. The van der Waals surface area contributed by atoms with Crippen LogP contribution in [-0.4, -0.2) is 27.3 Å². The lowest BCUT2D eigenvalue weighted by atomic mass is 10.1. The summed E-state index contributed by atoms with van der Waals surface area (Å²) in [4.78, 5) is 0. The molecule has 1 heterocycles. The van der Waals surface area contributed by atoms with Gasteiger partial charge in [-0.25, -0.2) is 9.07 Å². The Morgan fingerprint density at radius 3 is 2.89 bits per heavy atom. The highest BCUT2D eigenvalue weighted by Gasteiger charge is 2.09. The molecule has 0 aliphatic heterocycles. The highest BCUT2D eigenvalue weighted by molar-refractivity contribution is 5.30. The van der Waals surface area contributed by atoms with E-state index in [4.69, 9.17) is 4.74 Å². The Hall–Kier alpha value is -1.98. The molecule has 2 aromatic rings. The summed E-state index contributed by atoms with van der Waals surface area (Å²) in [7, 11) is 1.44. The summed E-state index contributed by atoms with van der Waals surface area (Å²) in [6, 6.07) is 4.87. The second kappa shape index (κ2) is 5.57. The van der Waals surface area contributed by atoms with E-state index in [1.165, 1.54) is 13.2 Å². The SMILES string of the molecule is CCCn1nnnc1Cc1ccc(OC)c(F)c1. The molecule has 96 valence electrons. The first-order valence-corrected chi connectivity index (χ1v) is 5.82. The number of halogens is 1. The summed E-state index contributed by atoms with van der Waals surface area (Å²) >= 11 is 0. The number of aryl methyl sites for hydroxylation is 1. The van der Waals surface area contributed by atoms with E-state index in [-0.39, 0.29) is 11.6 Å². The summed E-state index contributed by atoms with van der Waals surface area (Å²) < 4.78 is 20.2. The molecule has 0 fully saturated rings. The maximum absolute atomic E-state index is 13.5. The summed E-state index contributed by atoms with van der Waals surface area (Å²) in [5, 5.41) is 11.5. The molecule has 0 radical (unpaired) electrons. The highest BCUT2D eigenvalue weighted by atomic mass is 19.1. The first-order chi connectivity index (χ1) is 8.74. The number of nitrogens with zero attached hydrogens (tertiary/aromatic N) is 4. The Kier molecular flexibility index (Phi) is 3.86. The van der Waals surface area contributed by atoms with Gasteiger partial charge in [-0.1, -0.05) is 13.0 Å². The molecule has 0 amide bonds. The summed E-state index contributed by atoms with van der Waals surface area (Å²) in [6.07, 6.45) is 1.46. The minimum atomic E-state index is -0.371. The molecule has 1 aromatic carbocycles. The second-order valence-corrected chi connectivity index (χ2v) is 3.96. The van der Waals surface area contributed by atoms with Crippen molar-refractivity contribution in [3.8, 4) is 5.75 Å². The lowest BCUT2D eigenvalue weighted by Crippen LogP contribution is -2.06. The molecule has 0 atom stereocenters. The number of ether oxygens (including phenoxy) is 1. The first-order valence-electron chi connectivity index (χ1n) is 5.82. The largest absolute Gasteiger partial charge is 0.494 e. The van der Waals surface area contributed by atoms with Crippen molar-refractivity contribution in [1.29, 1.82) is 0 Å². The lowest BCUT2D eigenvalue weighted by Gasteiger charge is -2.05. The van der Waals surface area contributed by atoms with Crippen LogP contribution in [-0.2, 0) is 13.0 Å². The normalized spacial score (nSPS) is 10.6. The van der Waals surface area contributed by atoms with Gasteiger partial charge >= 0.3 is 0 Å². The fraction of sp³-hybridized carbons (Fsp3) is 0.417. The van der Waals surface area contributed by atoms with Crippen LogP contribution < -0.4 is 4.74 Å². The predicted molar refractivity (Wildman–Crippen MR) is 63.9 cm³/mol. The van der Waals surface area contributed by atoms with Gasteiger partial charge in [0.2, 0.25) is 0 Å². The molecule has 1 aromatic heterocycles. The Bertz CT molecular complexity index is 527. The van der Waals surface area contributed by atoms with Gasteiger partial charge in [0.25, 0.3) is 0 Å². The van der Waals surface area contributed by atoms with Gasteiger partial charge in [0.15, 0.2) is 17.4 Å². The van der Waals surface area contributed by atoms with Gasteiger partial charge in [-0.05, 0) is 34.5 Å². The van der Waals surface area contributed by atoms with Gasteiger partial charge in [0.1, 0.15) is 0 Å². The van der Waals surface area contributed by atoms with Gasteiger partial charge in [-0.2, -0.15) is 0 Å². The second-order valence-electron chi connectivity index (χ2n) is 3.96. The molecular formula is C12H15FN4O. The minimum absolute atomic E-state index is 0.243. The van der Waals surface area contributed by atoms with Crippen molar-refractivity contribution < 1.29 is 9.13 Å². The van der Waals surface area contributed by atoms with E-state index >= 15 is 0 Å². The first kappa shape index (κ1) is 12.5. The average Bonchev–Trinajstić information content (AvgIpc) is 2.78. The highest BCUT2D eigenvalue weighted by Crippen LogP contribution is 2.19. The van der Waals surface area contributed by atoms with Gasteiger partial charge in [-0.15, -0.1) is 5.10 Å². The van der Waals surface area contributed by atoms with Crippen molar-refractivity contribution in [3.63, 3.8) is 0 Å². The molecule has 0 aliphatic carbocycles. The van der Waals surface area contributed by atoms with Crippen molar-refractivity contribution in [3.05, 3.63) is 35.4 Å². The van der Waals surface area contributed by atoms with E-state index in [9.17, 15) is 4.39 Å². The van der Waals surface area contributed by atoms with Crippen LogP contribution in [0.4, 0.5) is 4.39 Å². The van der Waals surface area contributed by atoms with Crippen LogP contribution in [0.15, 0.2) is 18.2 Å². The molecule has 0 aliphatic rings. The van der Waals surface area contributed by atoms with Gasteiger partial charge in [0.05, 0.1) is 7.11 Å². The number of tetrazole rings is 1. The topological polar surface area (TPSA) is 52.8 Å². The molecular weight excluding hydrogens is 235 g/mol. The third kappa shape index (κ3) is 2.64. The van der Waals surface area contributed by atoms with Crippen molar-refractivity contribution in [2.45, 2.75) is 26.3 Å². The standard InChI is InChI=1S/C12H15FN4O/c1-3-6-17-12(14-15-16-17)8-9-4-5-11(18-2)10(13)7-9/h4-5,7H,3,6,8H2,1-2H3. The van der Waals surface area contributed by atoms with E-state index in [1.54, 1.807) is 10.7 Å². The minimum Gasteiger partial charge on any atom is -0.494 e. The van der Waals surface area contributed by atoms with E-state index in [2.05, 4.69) is 22.4 Å². The molecule has 0 unspecified atom stereocenters. The van der Waals surface area contributed by atoms with Gasteiger partial charge in [0, 0.05) is 13.0 Å². The number of rotatable bonds is 5. The number of benzene rings is 1. The number of aromatic nitrogens is 4. The summed E-state index contributed by atoms with van der Waals surface area (Å²) in [6.45, 7) is 2.82. The number of hydrogen-bond acceptors (Lipinski definition) is 4. The zero-order valence-corrected chi connectivity index (χ0v) is 10.4. The molecule has 2 rings (SSSR count). The Morgan fingerprint density at radius 1 is 1.39 bits per heavy atom. The molecule has 6 heteroatoms. The molecule has 0 saturated heterocycles. The van der Waals surface area contributed by atoms with Gasteiger partial charge in [-0.3, -0.25) is 0 Å². The summed E-state index contributed by atoms with van der Waals surface area (Å²) in [5.74, 6) is 0.609. The monoisotopic (exact) mass is 250 g/mol. The molecule has 0 bridgehead atoms. The Morgan fingerprint density at radius 2 is 2.22 bits per heavy atom. The smallest absolute Gasteiger partial charge is 0.165 e. The maximum atomic E-state index is 13.5. The molecule has 18 heavy (non-hydrogen) atoms. The zero-order valence-electron chi connectivity index (χ0n) is 10.4. The van der Waals surface area contributed by atoms with Crippen LogP contribution in [0, 0.1) is 5.82 Å². The maximum Gasteiger partial charge on any atom is 0.165 e. The van der Waals surface area contributed by atoms with E-state index in [0.717, 1.165) is 24.4 Å². The molecule has 0 spiro atoms. The van der Waals surface area contributed by atoms with Gasteiger partial charge < -0.3 is 4.74 Å². The van der Waals surface area contributed by atoms with Crippen molar-refractivity contribution >= 4 is 0 Å². The van der Waals surface area contributed by atoms with Crippen LogP contribution in [0.25, 0.3) is 0 Å². The van der Waals surface area contributed by atoms with Crippen LogP contribution in [0.1, 0.15) is 24.7 Å².